The topological polar surface area (TPSA) is 40.5 Å². The van der Waals surface area contributed by atoms with Crippen molar-refractivity contribution in [3.05, 3.63) is 35.4 Å². The molecule has 3 nitrogen and oxygen atoms in total. The molecule has 0 radical (unpaired) electrons. The van der Waals surface area contributed by atoms with Crippen molar-refractivity contribution in [1.29, 1.82) is 0 Å². The van der Waals surface area contributed by atoms with E-state index in [1.54, 1.807) is 4.90 Å². The van der Waals surface area contributed by atoms with E-state index >= 15 is 0 Å². The van der Waals surface area contributed by atoms with Gasteiger partial charge in [-0.1, -0.05) is 0 Å². The van der Waals surface area contributed by atoms with Gasteiger partial charge in [-0.05, 0) is 43.9 Å². The highest BCUT2D eigenvalue weighted by Crippen LogP contribution is 2.24. The van der Waals surface area contributed by atoms with E-state index in [1.807, 2.05) is 0 Å². The summed E-state index contributed by atoms with van der Waals surface area (Å²) in [6, 6.07) is 2.93. The van der Waals surface area contributed by atoms with Crippen LogP contribution in [0.1, 0.15) is 36.0 Å². The van der Waals surface area contributed by atoms with Gasteiger partial charge in [0.1, 0.15) is 11.6 Å². The fourth-order valence-corrected chi connectivity index (χ4v) is 2.55. The molecular formula is C14H17F2NO2. The van der Waals surface area contributed by atoms with Crippen LogP contribution < -0.4 is 0 Å². The summed E-state index contributed by atoms with van der Waals surface area (Å²) >= 11 is 0. The molecule has 1 fully saturated rings. The maximum atomic E-state index is 13.6. The molecule has 0 spiro atoms. The lowest BCUT2D eigenvalue weighted by molar-refractivity contribution is 0.0719. The van der Waals surface area contributed by atoms with Crippen molar-refractivity contribution in [2.24, 2.45) is 0 Å². The summed E-state index contributed by atoms with van der Waals surface area (Å²) in [7, 11) is 0. The highest BCUT2D eigenvalue weighted by atomic mass is 19.1. The van der Waals surface area contributed by atoms with Crippen molar-refractivity contribution in [2.45, 2.75) is 31.7 Å². The molecule has 1 heterocycles. The Balaban J connectivity index is 2.16. The monoisotopic (exact) mass is 269 g/mol. The number of aliphatic hydroxyl groups is 1. The Kier molecular flexibility index (Phi) is 4.47. The summed E-state index contributed by atoms with van der Waals surface area (Å²) in [5.41, 5.74) is -0.212. The van der Waals surface area contributed by atoms with Gasteiger partial charge in [-0.2, -0.15) is 0 Å². The Morgan fingerprint density at radius 3 is 2.95 bits per heavy atom. The summed E-state index contributed by atoms with van der Waals surface area (Å²) in [6.07, 6.45) is 3.01. The van der Waals surface area contributed by atoms with Crippen LogP contribution in [0.15, 0.2) is 18.2 Å². The van der Waals surface area contributed by atoms with Crippen LogP contribution in [0.2, 0.25) is 0 Å². The van der Waals surface area contributed by atoms with E-state index < -0.39 is 17.5 Å². The summed E-state index contributed by atoms with van der Waals surface area (Å²) in [5.74, 6) is -1.77. The maximum Gasteiger partial charge on any atom is 0.257 e. The zero-order valence-electron chi connectivity index (χ0n) is 10.6. The summed E-state index contributed by atoms with van der Waals surface area (Å²) < 4.78 is 26.7. The van der Waals surface area contributed by atoms with Gasteiger partial charge in [-0.25, -0.2) is 8.78 Å². The lowest BCUT2D eigenvalue weighted by Gasteiger charge is -2.24. The number of halogens is 2. The van der Waals surface area contributed by atoms with Crippen molar-refractivity contribution in [3.8, 4) is 0 Å². The molecule has 1 aliphatic rings. The smallest absolute Gasteiger partial charge is 0.257 e. The Morgan fingerprint density at radius 1 is 1.42 bits per heavy atom. The first kappa shape index (κ1) is 13.9. The van der Waals surface area contributed by atoms with Gasteiger partial charge in [0.05, 0.1) is 5.56 Å². The van der Waals surface area contributed by atoms with Crippen molar-refractivity contribution in [3.63, 3.8) is 0 Å². The van der Waals surface area contributed by atoms with Crippen molar-refractivity contribution < 1.29 is 18.7 Å². The zero-order valence-corrected chi connectivity index (χ0v) is 10.6. The predicted molar refractivity (Wildman–Crippen MR) is 66.7 cm³/mol. The number of aliphatic hydroxyl groups excluding tert-OH is 1. The number of hydrogen-bond acceptors (Lipinski definition) is 2. The van der Waals surface area contributed by atoms with Crippen molar-refractivity contribution in [1.82, 2.24) is 4.90 Å². The minimum absolute atomic E-state index is 0.0160. The van der Waals surface area contributed by atoms with Gasteiger partial charge in [0.2, 0.25) is 0 Å². The first-order valence-corrected chi connectivity index (χ1v) is 6.50. The van der Waals surface area contributed by atoms with Gasteiger partial charge in [0.15, 0.2) is 0 Å². The van der Waals surface area contributed by atoms with E-state index in [1.165, 1.54) is 0 Å². The van der Waals surface area contributed by atoms with E-state index in [-0.39, 0.29) is 18.2 Å². The largest absolute Gasteiger partial charge is 0.396 e. The molecule has 0 bridgehead atoms. The Bertz CT molecular complexity index is 465. The number of carbonyl (C=O) groups is 1. The lowest BCUT2D eigenvalue weighted by Crippen LogP contribution is -2.36. The number of likely N-dealkylation sites (tertiary alicyclic amines) is 1. The van der Waals surface area contributed by atoms with E-state index in [9.17, 15) is 13.6 Å². The minimum Gasteiger partial charge on any atom is -0.396 e. The van der Waals surface area contributed by atoms with Crippen LogP contribution in [-0.2, 0) is 0 Å². The van der Waals surface area contributed by atoms with Crippen LogP contribution in [0.3, 0.4) is 0 Å². The first-order chi connectivity index (χ1) is 9.13. The molecule has 0 aromatic heterocycles. The second-order valence-corrected chi connectivity index (χ2v) is 4.78. The quantitative estimate of drug-likeness (QED) is 0.911. The number of benzene rings is 1. The van der Waals surface area contributed by atoms with Gasteiger partial charge >= 0.3 is 0 Å². The maximum absolute atomic E-state index is 13.6. The molecule has 1 atom stereocenters. The molecule has 1 N–H and O–H groups in total. The number of amides is 1. The first-order valence-electron chi connectivity index (χ1n) is 6.50. The van der Waals surface area contributed by atoms with Crippen LogP contribution in [-0.4, -0.2) is 35.1 Å². The molecule has 1 aliphatic heterocycles. The van der Waals surface area contributed by atoms with Gasteiger partial charge in [0, 0.05) is 19.2 Å². The molecule has 5 heteroatoms. The third-order valence-corrected chi connectivity index (χ3v) is 3.49. The number of rotatable bonds is 4. The van der Waals surface area contributed by atoms with Gasteiger partial charge < -0.3 is 10.0 Å². The molecule has 1 unspecified atom stereocenters. The molecule has 1 aromatic rings. The van der Waals surface area contributed by atoms with Crippen LogP contribution in [0.4, 0.5) is 8.78 Å². The van der Waals surface area contributed by atoms with E-state index in [0.717, 1.165) is 31.0 Å². The molecule has 104 valence electrons. The third-order valence-electron chi connectivity index (χ3n) is 3.49. The SMILES string of the molecule is O=C(c1cc(F)ccc1F)N1CCCC1CCCO. The van der Waals surface area contributed by atoms with E-state index in [4.69, 9.17) is 5.11 Å². The molecule has 1 aromatic carbocycles. The second-order valence-electron chi connectivity index (χ2n) is 4.78. The van der Waals surface area contributed by atoms with Gasteiger partial charge in [0.25, 0.3) is 5.91 Å². The summed E-state index contributed by atoms with van der Waals surface area (Å²) in [6.45, 7) is 0.637. The fraction of sp³-hybridized carbons (Fsp3) is 0.500. The van der Waals surface area contributed by atoms with Crippen LogP contribution >= 0.6 is 0 Å². The van der Waals surface area contributed by atoms with E-state index in [0.29, 0.717) is 19.4 Å². The Hall–Kier alpha value is -1.49. The predicted octanol–water partition coefficient (Wildman–Crippen LogP) is 2.34. The molecule has 19 heavy (non-hydrogen) atoms. The van der Waals surface area contributed by atoms with Crippen LogP contribution in [0, 0.1) is 11.6 Å². The highest BCUT2D eigenvalue weighted by molar-refractivity contribution is 5.94. The van der Waals surface area contributed by atoms with Crippen LogP contribution in [0.5, 0.6) is 0 Å². The summed E-state index contributed by atoms with van der Waals surface area (Å²) in [4.78, 5) is 13.8. The van der Waals surface area contributed by atoms with Crippen molar-refractivity contribution >= 4 is 5.91 Å². The molecule has 0 saturated carbocycles. The van der Waals surface area contributed by atoms with E-state index in [2.05, 4.69) is 0 Å². The standard InChI is InChI=1S/C14H17F2NO2/c15-10-5-6-13(16)12(9-10)14(19)17-7-1-3-11(17)4-2-8-18/h5-6,9,11,18H,1-4,7-8H2. The Labute approximate surface area is 110 Å². The van der Waals surface area contributed by atoms with Crippen LogP contribution in [0.25, 0.3) is 0 Å². The van der Waals surface area contributed by atoms with Gasteiger partial charge in [-0.3, -0.25) is 4.79 Å². The lowest BCUT2D eigenvalue weighted by atomic mass is 10.1. The summed E-state index contributed by atoms with van der Waals surface area (Å²) in [5, 5.41) is 8.84. The average Bonchev–Trinajstić information content (AvgIpc) is 2.86. The number of carbonyl (C=O) groups excluding carboxylic acids is 1. The zero-order chi connectivity index (χ0) is 13.8. The van der Waals surface area contributed by atoms with Crippen molar-refractivity contribution in [2.75, 3.05) is 13.2 Å². The molecule has 1 amide bonds. The molecular weight excluding hydrogens is 252 g/mol. The second kappa shape index (κ2) is 6.10. The average molecular weight is 269 g/mol. The van der Waals surface area contributed by atoms with Gasteiger partial charge in [-0.15, -0.1) is 0 Å². The fourth-order valence-electron chi connectivity index (χ4n) is 2.55. The normalized spacial score (nSPS) is 18.9. The minimum atomic E-state index is -0.695. The number of nitrogens with zero attached hydrogens (tertiary/aromatic N) is 1. The third kappa shape index (κ3) is 3.10. The molecule has 1 saturated heterocycles. The Morgan fingerprint density at radius 2 is 2.21 bits per heavy atom. The molecule has 2 rings (SSSR count). The molecule has 0 aliphatic carbocycles. The highest BCUT2D eigenvalue weighted by Gasteiger charge is 2.30. The number of hydrogen-bond donors (Lipinski definition) is 1.